The van der Waals surface area contributed by atoms with Crippen molar-refractivity contribution < 1.29 is 22.4 Å². The molecule has 1 N–H and O–H groups in total. The van der Waals surface area contributed by atoms with E-state index in [1.165, 1.54) is 30.5 Å². The fourth-order valence-corrected chi connectivity index (χ4v) is 3.52. The fourth-order valence-electron chi connectivity index (χ4n) is 2.49. The van der Waals surface area contributed by atoms with E-state index in [1.54, 1.807) is 12.1 Å². The molecule has 1 saturated heterocycles. The largest absolute Gasteiger partial charge is 0.469 e. The van der Waals surface area contributed by atoms with Crippen molar-refractivity contribution in [2.24, 2.45) is 0 Å². The van der Waals surface area contributed by atoms with Crippen LogP contribution in [0.4, 0.5) is 5.69 Å². The Balaban J connectivity index is 1.67. The minimum atomic E-state index is -3.66. The van der Waals surface area contributed by atoms with Crippen LogP contribution in [0, 0.1) is 0 Å². The zero-order chi connectivity index (χ0) is 17.2. The summed E-state index contributed by atoms with van der Waals surface area (Å²) in [5.74, 6) is 0.151. The number of carbonyl (C=O) groups excluding carboxylic acids is 2. The van der Waals surface area contributed by atoms with E-state index in [0.29, 0.717) is 17.9 Å². The second-order valence-electron chi connectivity index (χ2n) is 5.34. The number of imide groups is 1. The highest BCUT2D eigenvalue weighted by Crippen LogP contribution is 2.23. The molecule has 1 fully saturated rings. The summed E-state index contributed by atoms with van der Waals surface area (Å²) >= 11 is 0. The van der Waals surface area contributed by atoms with Crippen LogP contribution in [0.5, 0.6) is 0 Å². The maximum absolute atomic E-state index is 12.2. The van der Waals surface area contributed by atoms with Crippen LogP contribution in [0.1, 0.15) is 18.6 Å². The topological polar surface area (TPSA) is 96.7 Å². The van der Waals surface area contributed by atoms with E-state index in [1.807, 2.05) is 0 Å². The van der Waals surface area contributed by atoms with Gasteiger partial charge in [-0.1, -0.05) is 0 Å². The van der Waals surface area contributed by atoms with Crippen molar-refractivity contribution >= 4 is 27.5 Å². The Morgan fingerprint density at radius 2 is 1.71 bits per heavy atom. The van der Waals surface area contributed by atoms with E-state index < -0.39 is 10.0 Å². The zero-order valence-corrected chi connectivity index (χ0v) is 13.6. The molecule has 0 unspecified atom stereocenters. The number of anilines is 1. The van der Waals surface area contributed by atoms with Gasteiger partial charge in [-0.15, -0.1) is 0 Å². The van der Waals surface area contributed by atoms with Crippen molar-refractivity contribution in [1.29, 1.82) is 0 Å². The molecule has 1 aromatic heterocycles. The van der Waals surface area contributed by atoms with Gasteiger partial charge in [0.2, 0.25) is 21.8 Å². The highest BCUT2D eigenvalue weighted by atomic mass is 32.2. The van der Waals surface area contributed by atoms with E-state index in [0.717, 1.165) is 4.90 Å². The Morgan fingerprint density at radius 1 is 1.04 bits per heavy atom. The van der Waals surface area contributed by atoms with Crippen molar-refractivity contribution in [1.82, 2.24) is 4.72 Å². The fraction of sp³-hybridized carbons (Fsp3) is 0.250. The normalized spacial score (nSPS) is 15.2. The molecule has 126 valence electrons. The predicted octanol–water partition coefficient (Wildman–Crippen LogP) is 1.45. The second kappa shape index (κ2) is 6.58. The molecule has 0 spiro atoms. The summed E-state index contributed by atoms with van der Waals surface area (Å²) in [6.07, 6.45) is 2.35. The predicted molar refractivity (Wildman–Crippen MR) is 85.8 cm³/mol. The summed E-state index contributed by atoms with van der Waals surface area (Å²) in [4.78, 5) is 24.5. The van der Waals surface area contributed by atoms with Crippen LogP contribution in [0.3, 0.4) is 0 Å². The van der Waals surface area contributed by atoms with Gasteiger partial charge in [0.05, 0.1) is 16.8 Å². The second-order valence-corrected chi connectivity index (χ2v) is 7.11. The first-order chi connectivity index (χ1) is 11.5. The lowest BCUT2D eigenvalue weighted by Gasteiger charge is -2.14. The summed E-state index contributed by atoms with van der Waals surface area (Å²) in [6.45, 7) is 0.209. The van der Waals surface area contributed by atoms with E-state index in [4.69, 9.17) is 4.42 Å². The highest BCUT2D eigenvalue weighted by molar-refractivity contribution is 7.89. The first-order valence-electron chi connectivity index (χ1n) is 7.45. The lowest BCUT2D eigenvalue weighted by atomic mass is 10.3. The summed E-state index contributed by atoms with van der Waals surface area (Å²) in [5.41, 5.74) is 0.386. The average molecular weight is 348 g/mol. The van der Waals surface area contributed by atoms with Gasteiger partial charge in [-0.25, -0.2) is 13.1 Å². The van der Waals surface area contributed by atoms with Gasteiger partial charge in [0, 0.05) is 25.8 Å². The SMILES string of the molecule is O=C1CCC(=O)N1c1ccc(S(=O)(=O)NCCc2ccco2)cc1. The Labute approximate surface area is 139 Å². The van der Waals surface area contributed by atoms with Gasteiger partial charge in [0.15, 0.2) is 0 Å². The van der Waals surface area contributed by atoms with Crippen molar-refractivity contribution in [2.45, 2.75) is 24.2 Å². The zero-order valence-electron chi connectivity index (χ0n) is 12.8. The molecule has 8 heteroatoms. The molecule has 2 amide bonds. The maximum Gasteiger partial charge on any atom is 0.240 e. The molecule has 1 aliphatic rings. The van der Waals surface area contributed by atoms with Crippen molar-refractivity contribution in [3.63, 3.8) is 0 Å². The van der Waals surface area contributed by atoms with E-state index in [-0.39, 0.29) is 36.1 Å². The monoisotopic (exact) mass is 348 g/mol. The first-order valence-corrected chi connectivity index (χ1v) is 8.93. The Morgan fingerprint density at radius 3 is 2.29 bits per heavy atom. The van der Waals surface area contributed by atoms with E-state index in [9.17, 15) is 18.0 Å². The number of hydrogen-bond acceptors (Lipinski definition) is 5. The molecule has 3 rings (SSSR count). The van der Waals surface area contributed by atoms with Crippen molar-refractivity contribution in [3.05, 3.63) is 48.4 Å². The van der Waals surface area contributed by atoms with Gasteiger partial charge in [0.1, 0.15) is 5.76 Å². The van der Waals surface area contributed by atoms with Crippen LogP contribution in [0.2, 0.25) is 0 Å². The third-order valence-electron chi connectivity index (χ3n) is 3.70. The molecule has 24 heavy (non-hydrogen) atoms. The van der Waals surface area contributed by atoms with Gasteiger partial charge < -0.3 is 4.42 Å². The minimum absolute atomic E-state index is 0.0739. The number of furan rings is 1. The highest BCUT2D eigenvalue weighted by Gasteiger charge is 2.30. The molecule has 1 aromatic carbocycles. The molecule has 0 saturated carbocycles. The molecule has 0 atom stereocenters. The number of sulfonamides is 1. The number of nitrogens with zero attached hydrogens (tertiary/aromatic N) is 1. The number of amides is 2. The molecule has 0 aliphatic carbocycles. The van der Waals surface area contributed by atoms with Crippen LogP contribution in [0.25, 0.3) is 0 Å². The van der Waals surface area contributed by atoms with E-state index in [2.05, 4.69) is 4.72 Å². The van der Waals surface area contributed by atoms with Crippen LogP contribution in [0.15, 0.2) is 52.0 Å². The number of hydrogen-bond donors (Lipinski definition) is 1. The van der Waals surface area contributed by atoms with Gasteiger partial charge in [-0.2, -0.15) is 0 Å². The lowest BCUT2D eigenvalue weighted by molar-refractivity contribution is -0.121. The maximum atomic E-state index is 12.2. The first kappa shape index (κ1) is 16.4. The minimum Gasteiger partial charge on any atom is -0.469 e. The van der Waals surface area contributed by atoms with Gasteiger partial charge in [-0.05, 0) is 36.4 Å². The Bertz CT molecular complexity index is 825. The molecule has 1 aliphatic heterocycles. The third kappa shape index (κ3) is 3.39. The summed E-state index contributed by atoms with van der Waals surface area (Å²) in [5, 5.41) is 0. The summed E-state index contributed by atoms with van der Waals surface area (Å²) < 4.78 is 32.1. The quantitative estimate of drug-likeness (QED) is 0.797. The molecule has 0 radical (unpaired) electrons. The van der Waals surface area contributed by atoms with Crippen LogP contribution < -0.4 is 9.62 Å². The molecule has 2 aromatic rings. The smallest absolute Gasteiger partial charge is 0.240 e. The number of rotatable bonds is 6. The standard InChI is InChI=1S/C16H16N2O5S/c19-15-7-8-16(20)18(15)12-3-5-14(6-4-12)24(21,22)17-10-9-13-2-1-11-23-13/h1-6,11,17H,7-10H2. The van der Waals surface area contributed by atoms with Crippen molar-refractivity contribution in [2.75, 3.05) is 11.4 Å². The lowest BCUT2D eigenvalue weighted by Crippen LogP contribution is -2.29. The summed E-state index contributed by atoms with van der Waals surface area (Å²) in [6, 6.07) is 9.19. The number of benzene rings is 1. The summed E-state index contributed by atoms with van der Waals surface area (Å²) in [7, 11) is -3.66. The van der Waals surface area contributed by atoms with Crippen LogP contribution in [-0.4, -0.2) is 26.8 Å². The third-order valence-corrected chi connectivity index (χ3v) is 5.18. The average Bonchev–Trinajstić information content (AvgIpc) is 3.18. The molecular formula is C16H16N2O5S. The van der Waals surface area contributed by atoms with E-state index >= 15 is 0 Å². The molecule has 2 heterocycles. The Hall–Kier alpha value is -2.45. The van der Waals surface area contributed by atoms with Crippen LogP contribution in [-0.2, 0) is 26.0 Å². The van der Waals surface area contributed by atoms with Gasteiger partial charge >= 0.3 is 0 Å². The van der Waals surface area contributed by atoms with Crippen molar-refractivity contribution in [3.8, 4) is 0 Å². The molecular weight excluding hydrogens is 332 g/mol. The molecule has 0 bridgehead atoms. The Kier molecular flexibility index (Phi) is 4.50. The number of nitrogens with one attached hydrogen (secondary N) is 1. The molecule has 7 nitrogen and oxygen atoms in total. The van der Waals surface area contributed by atoms with Gasteiger partial charge in [-0.3, -0.25) is 14.5 Å². The van der Waals surface area contributed by atoms with Gasteiger partial charge in [0.25, 0.3) is 0 Å². The number of carbonyl (C=O) groups is 2. The van der Waals surface area contributed by atoms with Crippen LogP contribution >= 0.6 is 0 Å².